The SMILES string of the molecule is NCCCCC(NC(=O)C(Cc1ccc(O)cc1)NC(=O)CNC(=O)C1CCCN1C(=O)C(N)CS)C(=O)NC(CCCN=C(N)N)C(=O)NC(CCC(N)=O)C(=O)NC(Cc1ccccc1)C(=O)NC(CS)C(=O)O. The van der Waals surface area contributed by atoms with Crippen molar-refractivity contribution in [2.24, 2.45) is 33.7 Å². The topological polar surface area (TPSA) is 441 Å². The number of aliphatic imine (C=N–C) groups is 1. The molecule has 26 nitrogen and oxygen atoms in total. The van der Waals surface area contributed by atoms with Gasteiger partial charge in [0.25, 0.3) is 0 Å². The third-order valence-electron chi connectivity index (χ3n) is 12.0. The number of amides is 9. The first-order chi connectivity index (χ1) is 36.2. The molecule has 1 saturated heterocycles. The van der Waals surface area contributed by atoms with Gasteiger partial charge >= 0.3 is 5.97 Å². The molecule has 1 fully saturated rings. The highest BCUT2D eigenvalue weighted by molar-refractivity contribution is 7.80. The number of hydrogen-bond donors (Lipinski definition) is 16. The van der Waals surface area contributed by atoms with Crippen molar-refractivity contribution >= 4 is 90.4 Å². The van der Waals surface area contributed by atoms with E-state index in [1.807, 2.05) is 0 Å². The van der Waals surface area contributed by atoms with Gasteiger partial charge in [-0.15, -0.1) is 0 Å². The summed E-state index contributed by atoms with van der Waals surface area (Å²) in [6.45, 7) is -0.112. The summed E-state index contributed by atoms with van der Waals surface area (Å²) in [6, 6.07) is 3.74. The number of aromatic hydroxyl groups is 1. The monoisotopic (exact) mass is 1100 g/mol. The first kappa shape index (κ1) is 63.1. The third-order valence-corrected chi connectivity index (χ3v) is 12.7. The molecule has 3 rings (SSSR count). The van der Waals surface area contributed by atoms with E-state index in [0.29, 0.717) is 36.8 Å². The number of carboxylic acids is 1. The van der Waals surface area contributed by atoms with Crippen LogP contribution in [0.5, 0.6) is 5.75 Å². The Kier molecular flexibility index (Phi) is 27.4. The normalized spacial score (nSPS) is 15.7. The van der Waals surface area contributed by atoms with Crippen molar-refractivity contribution in [3.63, 3.8) is 0 Å². The number of rotatable bonds is 33. The van der Waals surface area contributed by atoms with Crippen molar-refractivity contribution in [3.8, 4) is 5.75 Å². The fourth-order valence-electron chi connectivity index (χ4n) is 7.90. The number of primary amides is 1. The Morgan fingerprint density at radius 1 is 0.658 bits per heavy atom. The standard InChI is InChI=1S/C48H72N14O12S2/c49-19-5-4-10-31(58-43(69)34(23-28-13-15-29(63)16-14-28)56-39(65)24-55-45(71)37-12-7-21-62(37)46(72)30(50)25-75)40(66)57-32(11-6-20-54-48(52)53)41(67)59-33(17-18-38(51)64)42(68)60-35(22-27-8-2-1-3-9-27)44(70)61-36(26-76)47(73)74/h1-3,8-9,13-16,30-37,63,75-76H,4-7,10-12,17-26,49-50H2,(H2,51,64)(H,55,71)(H,56,65)(H,57,66)(H,58,69)(H,59,67)(H,60,68)(H,61,70)(H,73,74)(H4,52,53,54). The molecule has 8 atom stereocenters. The number of carboxylic acid groups (broad SMARTS) is 1. The Bertz CT molecular complexity index is 2330. The van der Waals surface area contributed by atoms with E-state index in [1.54, 1.807) is 30.3 Å². The van der Waals surface area contributed by atoms with E-state index in [1.165, 1.54) is 29.2 Å². The predicted molar refractivity (Wildman–Crippen MR) is 286 cm³/mol. The quantitative estimate of drug-likeness (QED) is 0.0140. The predicted octanol–water partition coefficient (Wildman–Crippen LogP) is -4.09. The van der Waals surface area contributed by atoms with Crippen molar-refractivity contribution in [3.05, 3.63) is 65.7 Å². The van der Waals surface area contributed by atoms with Crippen LogP contribution in [0.15, 0.2) is 59.6 Å². The molecule has 1 aliphatic rings. The first-order valence-electron chi connectivity index (χ1n) is 24.6. The van der Waals surface area contributed by atoms with E-state index in [0.717, 1.165) is 0 Å². The molecule has 2 aromatic rings. The summed E-state index contributed by atoms with van der Waals surface area (Å²) in [5, 5.41) is 37.3. The largest absolute Gasteiger partial charge is 0.508 e. The molecule has 0 radical (unpaired) electrons. The van der Waals surface area contributed by atoms with Gasteiger partial charge in [0.05, 0.1) is 12.6 Å². The third kappa shape index (κ3) is 22.0. The number of unbranched alkanes of at least 4 members (excludes halogenated alkanes) is 1. The van der Waals surface area contributed by atoms with Crippen molar-refractivity contribution < 1.29 is 58.2 Å². The Hall–Kier alpha value is -7.17. The van der Waals surface area contributed by atoms with Crippen LogP contribution in [0.25, 0.3) is 0 Å². The minimum atomic E-state index is -1.56. The zero-order valence-corrected chi connectivity index (χ0v) is 43.8. The van der Waals surface area contributed by atoms with Crippen LogP contribution in [0.4, 0.5) is 0 Å². The summed E-state index contributed by atoms with van der Waals surface area (Å²) in [4.78, 5) is 139. The fourth-order valence-corrected chi connectivity index (χ4v) is 8.30. The van der Waals surface area contributed by atoms with Crippen molar-refractivity contribution in [1.29, 1.82) is 0 Å². The van der Waals surface area contributed by atoms with Crippen LogP contribution in [0, 0.1) is 0 Å². The second kappa shape index (κ2) is 33.0. The van der Waals surface area contributed by atoms with E-state index in [2.05, 4.69) is 67.5 Å². The van der Waals surface area contributed by atoms with Crippen LogP contribution >= 0.6 is 25.3 Å². The lowest BCUT2D eigenvalue weighted by molar-refractivity contribution is -0.141. The van der Waals surface area contributed by atoms with Crippen LogP contribution in [-0.4, -0.2) is 166 Å². The molecule has 9 amide bonds. The lowest BCUT2D eigenvalue weighted by Crippen LogP contribution is -2.60. The average molecular weight is 1100 g/mol. The molecule has 19 N–H and O–H groups in total. The minimum Gasteiger partial charge on any atom is -0.508 e. The Balaban J connectivity index is 1.91. The molecule has 76 heavy (non-hydrogen) atoms. The highest BCUT2D eigenvalue weighted by Crippen LogP contribution is 2.19. The van der Waals surface area contributed by atoms with Gasteiger partial charge in [-0.3, -0.25) is 48.1 Å². The summed E-state index contributed by atoms with van der Waals surface area (Å²) in [5.74, 6) is -9.21. The van der Waals surface area contributed by atoms with Gasteiger partial charge in [0.2, 0.25) is 53.2 Å². The van der Waals surface area contributed by atoms with Gasteiger partial charge in [-0.2, -0.15) is 25.3 Å². The van der Waals surface area contributed by atoms with Gasteiger partial charge in [0, 0.05) is 43.9 Å². The molecule has 0 saturated carbocycles. The number of aliphatic carboxylic acids is 1. The summed E-state index contributed by atoms with van der Waals surface area (Å²) < 4.78 is 0. The van der Waals surface area contributed by atoms with Crippen molar-refractivity contribution in [2.45, 2.75) is 119 Å². The van der Waals surface area contributed by atoms with Crippen LogP contribution in [0.1, 0.15) is 68.9 Å². The van der Waals surface area contributed by atoms with Crippen molar-refractivity contribution in [1.82, 2.24) is 42.1 Å². The van der Waals surface area contributed by atoms with Gasteiger partial charge in [0.15, 0.2) is 5.96 Å². The molecule has 2 aromatic carbocycles. The number of likely N-dealkylation sites (tertiary alicyclic amines) is 1. The van der Waals surface area contributed by atoms with Crippen LogP contribution < -0.4 is 65.9 Å². The fraction of sp³-hybridized carbons (Fsp3) is 0.521. The number of nitrogens with one attached hydrogen (secondary N) is 7. The molecule has 1 aliphatic heterocycles. The van der Waals surface area contributed by atoms with Gasteiger partial charge in [-0.25, -0.2) is 4.79 Å². The van der Waals surface area contributed by atoms with Gasteiger partial charge in [-0.1, -0.05) is 42.5 Å². The number of nitrogens with two attached hydrogens (primary N) is 5. The van der Waals surface area contributed by atoms with Crippen molar-refractivity contribution in [2.75, 3.05) is 37.7 Å². The zero-order valence-electron chi connectivity index (χ0n) is 42.0. The number of hydrogen-bond acceptors (Lipinski definition) is 16. The van der Waals surface area contributed by atoms with E-state index in [-0.39, 0.29) is 81.4 Å². The molecule has 28 heteroatoms. The molecule has 0 aromatic heterocycles. The molecule has 1 heterocycles. The number of carbonyl (C=O) groups excluding carboxylic acids is 9. The number of guanidine groups is 1. The van der Waals surface area contributed by atoms with E-state index in [4.69, 9.17) is 28.7 Å². The lowest BCUT2D eigenvalue weighted by Gasteiger charge is -2.28. The number of phenolic OH excluding ortho intramolecular Hbond substituents is 1. The second-order valence-corrected chi connectivity index (χ2v) is 18.7. The van der Waals surface area contributed by atoms with E-state index in [9.17, 15) is 58.2 Å². The van der Waals surface area contributed by atoms with Crippen LogP contribution in [0.2, 0.25) is 0 Å². The Morgan fingerprint density at radius 2 is 1.17 bits per heavy atom. The zero-order chi connectivity index (χ0) is 56.3. The maximum atomic E-state index is 14.4. The van der Waals surface area contributed by atoms with Gasteiger partial charge in [0.1, 0.15) is 48.0 Å². The summed E-state index contributed by atoms with van der Waals surface area (Å²) >= 11 is 8.08. The lowest BCUT2D eigenvalue weighted by atomic mass is 10.0. The molecule has 0 bridgehead atoms. The summed E-state index contributed by atoms with van der Waals surface area (Å²) in [7, 11) is 0. The average Bonchev–Trinajstić information content (AvgIpc) is 3.89. The number of nitrogens with zero attached hydrogens (tertiary/aromatic N) is 2. The second-order valence-electron chi connectivity index (χ2n) is 17.9. The maximum Gasteiger partial charge on any atom is 0.327 e. The first-order valence-corrected chi connectivity index (χ1v) is 25.9. The molecule has 8 unspecified atom stereocenters. The molecule has 0 spiro atoms. The Labute approximate surface area is 450 Å². The highest BCUT2D eigenvalue weighted by Gasteiger charge is 2.37. The minimum absolute atomic E-state index is 0.00943. The van der Waals surface area contributed by atoms with Gasteiger partial charge < -0.3 is 81.0 Å². The number of benzene rings is 2. The molecular formula is C48H72N14O12S2. The molecule has 0 aliphatic carbocycles. The number of thiol groups is 2. The Morgan fingerprint density at radius 3 is 1.70 bits per heavy atom. The summed E-state index contributed by atoms with van der Waals surface area (Å²) in [5.41, 5.74) is 29.2. The van der Waals surface area contributed by atoms with Gasteiger partial charge in [-0.05, 0) is 81.2 Å². The summed E-state index contributed by atoms with van der Waals surface area (Å²) in [6.07, 6.45) is 0.374. The molecular weight excluding hydrogens is 1030 g/mol. The van der Waals surface area contributed by atoms with Crippen LogP contribution in [-0.2, 0) is 60.8 Å². The number of phenols is 1. The van der Waals surface area contributed by atoms with E-state index >= 15 is 0 Å². The number of carbonyl (C=O) groups is 10. The maximum absolute atomic E-state index is 14.4. The smallest absolute Gasteiger partial charge is 0.327 e. The highest BCUT2D eigenvalue weighted by atomic mass is 32.1. The van der Waals surface area contributed by atoms with Crippen LogP contribution in [0.3, 0.4) is 0 Å². The molecule has 418 valence electrons. The van der Waals surface area contributed by atoms with E-state index < -0.39 is 120 Å².